The summed E-state index contributed by atoms with van der Waals surface area (Å²) < 4.78 is 0. The van der Waals surface area contributed by atoms with Crippen LogP contribution >= 0.6 is 0 Å². The van der Waals surface area contributed by atoms with Gasteiger partial charge in [-0.1, -0.05) is 6.08 Å². The summed E-state index contributed by atoms with van der Waals surface area (Å²) in [5.41, 5.74) is 0. The first-order chi connectivity index (χ1) is 3.18. The Balaban J connectivity index is 3.33. The average molecular weight is 99.2 g/mol. The van der Waals surface area contributed by atoms with Crippen molar-refractivity contribution in [3.05, 3.63) is 12.7 Å². The van der Waals surface area contributed by atoms with Gasteiger partial charge >= 0.3 is 0 Å². The molecule has 1 heteroatoms. The molecule has 0 radical (unpaired) electrons. The van der Waals surface area contributed by atoms with Gasteiger partial charge in [-0.25, -0.2) is 0 Å². The van der Waals surface area contributed by atoms with Crippen molar-refractivity contribution < 1.29 is 0 Å². The molecule has 0 fully saturated rings. The van der Waals surface area contributed by atoms with Crippen LogP contribution in [0, 0.1) is 0 Å². The Morgan fingerprint density at radius 1 is 1.57 bits per heavy atom. The summed E-state index contributed by atoms with van der Waals surface area (Å²) in [5, 5.41) is 0. The standard InChI is InChI=1S/C6H13N/c1-5-6(2)7(3)4/h5-6H,1H2,2-4H3/t6-/m0/s1. The Bertz CT molecular complexity index is 57.2. The Morgan fingerprint density at radius 2 is 2.00 bits per heavy atom. The predicted octanol–water partition coefficient (Wildman–Crippen LogP) is 1.12. The van der Waals surface area contributed by atoms with Crippen LogP contribution in [0.15, 0.2) is 12.7 Å². The summed E-state index contributed by atoms with van der Waals surface area (Å²) in [6, 6.07) is 0.500. The molecule has 0 aromatic rings. The maximum atomic E-state index is 3.64. The Labute approximate surface area is 45.6 Å². The van der Waals surface area contributed by atoms with Crippen molar-refractivity contribution in [2.45, 2.75) is 13.0 Å². The van der Waals surface area contributed by atoms with E-state index in [9.17, 15) is 0 Å². The van der Waals surface area contributed by atoms with E-state index in [1.165, 1.54) is 0 Å². The zero-order valence-corrected chi connectivity index (χ0v) is 5.31. The molecule has 0 aliphatic heterocycles. The minimum absolute atomic E-state index is 0.500. The summed E-state index contributed by atoms with van der Waals surface area (Å²) in [4.78, 5) is 2.10. The van der Waals surface area contributed by atoms with E-state index in [0.717, 1.165) is 0 Å². The van der Waals surface area contributed by atoms with Crippen LogP contribution in [0.2, 0.25) is 0 Å². The highest BCUT2D eigenvalue weighted by Gasteiger charge is 1.93. The topological polar surface area (TPSA) is 3.24 Å². The van der Waals surface area contributed by atoms with E-state index >= 15 is 0 Å². The van der Waals surface area contributed by atoms with Gasteiger partial charge in [0.2, 0.25) is 0 Å². The molecule has 0 spiro atoms. The minimum atomic E-state index is 0.500. The fourth-order valence-corrected chi connectivity index (χ4v) is 0.211. The first-order valence-electron chi connectivity index (χ1n) is 2.47. The van der Waals surface area contributed by atoms with Crippen LogP contribution in [0.5, 0.6) is 0 Å². The lowest BCUT2D eigenvalue weighted by Crippen LogP contribution is -2.21. The number of likely N-dealkylation sites (N-methyl/N-ethyl adjacent to an activating group) is 1. The van der Waals surface area contributed by atoms with Gasteiger partial charge in [0, 0.05) is 6.04 Å². The van der Waals surface area contributed by atoms with Gasteiger partial charge in [0.1, 0.15) is 0 Å². The molecule has 0 heterocycles. The van der Waals surface area contributed by atoms with E-state index in [4.69, 9.17) is 0 Å². The summed E-state index contributed by atoms with van der Waals surface area (Å²) in [7, 11) is 4.07. The average Bonchev–Trinajstić information content (AvgIpc) is 1.65. The fourth-order valence-electron chi connectivity index (χ4n) is 0.211. The SMILES string of the molecule is C=C[C@H](C)N(C)C. The minimum Gasteiger partial charge on any atom is -0.303 e. The molecule has 0 saturated heterocycles. The van der Waals surface area contributed by atoms with Crippen LogP contribution in [0.1, 0.15) is 6.92 Å². The molecule has 0 aliphatic rings. The lowest BCUT2D eigenvalue weighted by atomic mass is 10.3. The van der Waals surface area contributed by atoms with Crippen LogP contribution in [0.3, 0.4) is 0 Å². The first-order valence-corrected chi connectivity index (χ1v) is 2.47. The summed E-state index contributed by atoms with van der Waals surface area (Å²) in [6.07, 6.45) is 1.92. The smallest absolute Gasteiger partial charge is 0.0241 e. The van der Waals surface area contributed by atoms with Crippen molar-refractivity contribution in [1.82, 2.24) is 4.90 Å². The zero-order chi connectivity index (χ0) is 5.86. The van der Waals surface area contributed by atoms with Gasteiger partial charge in [-0.05, 0) is 21.0 Å². The van der Waals surface area contributed by atoms with Gasteiger partial charge in [0.15, 0.2) is 0 Å². The van der Waals surface area contributed by atoms with Crippen molar-refractivity contribution in [2.75, 3.05) is 14.1 Å². The molecule has 7 heavy (non-hydrogen) atoms. The molecule has 0 aromatic carbocycles. The monoisotopic (exact) mass is 99.1 g/mol. The highest BCUT2D eigenvalue weighted by Crippen LogP contribution is 1.88. The van der Waals surface area contributed by atoms with Gasteiger partial charge in [-0.2, -0.15) is 0 Å². The lowest BCUT2D eigenvalue weighted by molar-refractivity contribution is 0.364. The Kier molecular flexibility index (Phi) is 2.68. The van der Waals surface area contributed by atoms with Crippen LogP contribution in [-0.4, -0.2) is 25.0 Å². The Morgan fingerprint density at radius 3 is 2.00 bits per heavy atom. The van der Waals surface area contributed by atoms with E-state index in [1.54, 1.807) is 0 Å². The van der Waals surface area contributed by atoms with E-state index in [-0.39, 0.29) is 0 Å². The van der Waals surface area contributed by atoms with Gasteiger partial charge in [0.05, 0.1) is 0 Å². The third kappa shape index (κ3) is 2.40. The molecule has 0 aromatic heterocycles. The largest absolute Gasteiger partial charge is 0.303 e. The quantitative estimate of drug-likeness (QED) is 0.469. The fraction of sp³-hybridized carbons (Fsp3) is 0.667. The lowest BCUT2D eigenvalue weighted by Gasteiger charge is -2.13. The number of rotatable bonds is 2. The third-order valence-electron chi connectivity index (χ3n) is 1.16. The van der Waals surface area contributed by atoms with Gasteiger partial charge in [0.25, 0.3) is 0 Å². The number of hydrogen-bond acceptors (Lipinski definition) is 1. The van der Waals surface area contributed by atoms with E-state index in [1.807, 2.05) is 20.2 Å². The molecule has 42 valence electrons. The van der Waals surface area contributed by atoms with Crippen LogP contribution in [0.4, 0.5) is 0 Å². The van der Waals surface area contributed by atoms with Gasteiger partial charge < -0.3 is 4.90 Å². The number of nitrogens with zero attached hydrogens (tertiary/aromatic N) is 1. The van der Waals surface area contributed by atoms with Crippen molar-refractivity contribution >= 4 is 0 Å². The molecule has 0 N–H and O–H groups in total. The number of hydrogen-bond donors (Lipinski definition) is 0. The highest BCUT2D eigenvalue weighted by atomic mass is 15.1. The second-order valence-corrected chi connectivity index (χ2v) is 1.94. The van der Waals surface area contributed by atoms with E-state index < -0.39 is 0 Å². The molecular formula is C6H13N. The van der Waals surface area contributed by atoms with Gasteiger partial charge in [-0.15, -0.1) is 6.58 Å². The predicted molar refractivity (Wildman–Crippen MR) is 33.3 cm³/mol. The maximum absolute atomic E-state index is 3.64. The maximum Gasteiger partial charge on any atom is 0.0241 e. The van der Waals surface area contributed by atoms with Crippen molar-refractivity contribution in [2.24, 2.45) is 0 Å². The van der Waals surface area contributed by atoms with Crippen LogP contribution in [0.25, 0.3) is 0 Å². The molecule has 0 bridgehead atoms. The van der Waals surface area contributed by atoms with Gasteiger partial charge in [-0.3, -0.25) is 0 Å². The molecule has 0 saturated carbocycles. The first kappa shape index (κ1) is 6.70. The highest BCUT2D eigenvalue weighted by molar-refractivity contribution is 4.80. The second kappa shape index (κ2) is 2.80. The zero-order valence-electron chi connectivity index (χ0n) is 5.31. The molecule has 0 unspecified atom stereocenters. The van der Waals surface area contributed by atoms with Crippen molar-refractivity contribution in [1.29, 1.82) is 0 Å². The van der Waals surface area contributed by atoms with Crippen molar-refractivity contribution in [3.63, 3.8) is 0 Å². The summed E-state index contributed by atoms with van der Waals surface area (Å²) in [6.45, 7) is 5.74. The summed E-state index contributed by atoms with van der Waals surface area (Å²) >= 11 is 0. The molecular weight excluding hydrogens is 86.1 g/mol. The second-order valence-electron chi connectivity index (χ2n) is 1.94. The van der Waals surface area contributed by atoms with E-state index in [2.05, 4.69) is 18.4 Å². The molecule has 0 aliphatic carbocycles. The summed E-state index contributed by atoms with van der Waals surface area (Å²) in [5.74, 6) is 0. The molecule has 0 amide bonds. The molecule has 0 rings (SSSR count). The molecule has 1 atom stereocenters. The molecule has 1 nitrogen and oxygen atoms in total. The van der Waals surface area contributed by atoms with Crippen molar-refractivity contribution in [3.8, 4) is 0 Å². The van der Waals surface area contributed by atoms with Crippen LogP contribution in [-0.2, 0) is 0 Å². The van der Waals surface area contributed by atoms with Crippen LogP contribution < -0.4 is 0 Å². The normalized spacial score (nSPS) is 14.3. The third-order valence-corrected chi connectivity index (χ3v) is 1.16. The Hall–Kier alpha value is -0.300. The van der Waals surface area contributed by atoms with E-state index in [0.29, 0.717) is 6.04 Å².